The number of benzene rings is 1. The summed E-state index contributed by atoms with van der Waals surface area (Å²) in [5, 5.41) is 11.5. The Morgan fingerprint density at radius 1 is 1.36 bits per heavy atom. The predicted molar refractivity (Wildman–Crippen MR) is 80.8 cm³/mol. The van der Waals surface area contributed by atoms with Gasteiger partial charge in [0.25, 0.3) is 0 Å². The number of carbonyl (C=O) groups excluding carboxylic acids is 2. The molecule has 0 saturated heterocycles. The summed E-state index contributed by atoms with van der Waals surface area (Å²) < 4.78 is 5.02. The molecule has 1 rings (SSSR count). The molecule has 7 nitrogen and oxygen atoms in total. The number of aliphatic carboxylic acids is 1. The molecule has 1 aromatic rings. The summed E-state index contributed by atoms with van der Waals surface area (Å²) in [6.45, 7) is 1.80. The molecule has 0 bridgehead atoms. The molecule has 0 aliphatic carbocycles. The third kappa shape index (κ3) is 4.76. The zero-order valence-electron chi connectivity index (χ0n) is 12.6. The van der Waals surface area contributed by atoms with Gasteiger partial charge in [-0.25, -0.2) is 4.79 Å². The highest BCUT2D eigenvalue weighted by Gasteiger charge is 2.24. The van der Waals surface area contributed by atoms with Crippen LogP contribution in [0.4, 0.5) is 5.69 Å². The topological polar surface area (TPSA) is 119 Å². The van der Waals surface area contributed by atoms with Crippen LogP contribution in [0, 0.1) is 0 Å². The largest absolute Gasteiger partial charge is 0.497 e. The van der Waals surface area contributed by atoms with Gasteiger partial charge in [-0.3, -0.25) is 9.59 Å². The first-order chi connectivity index (χ1) is 10.4. The first kappa shape index (κ1) is 17.5. The van der Waals surface area contributed by atoms with Gasteiger partial charge in [0.1, 0.15) is 11.8 Å². The van der Waals surface area contributed by atoms with Crippen LogP contribution in [0.3, 0.4) is 0 Å². The average molecular weight is 308 g/mol. The summed E-state index contributed by atoms with van der Waals surface area (Å²) in [5.74, 6) is -1.69. The van der Waals surface area contributed by atoms with Crippen LogP contribution < -0.4 is 15.8 Å². The van der Waals surface area contributed by atoms with E-state index in [2.05, 4.69) is 5.32 Å². The second-order valence-corrected chi connectivity index (χ2v) is 4.79. The number of anilines is 1. The lowest BCUT2D eigenvalue weighted by Crippen LogP contribution is -2.42. The third-order valence-electron chi connectivity index (χ3n) is 3.06. The zero-order valence-corrected chi connectivity index (χ0v) is 12.6. The van der Waals surface area contributed by atoms with Crippen LogP contribution in [0.5, 0.6) is 5.75 Å². The Morgan fingerprint density at radius 3 is 2.59 bits per heavy atom. The van der Waals surface area contributed by atoms with Crippen molar-refractivity contribution in [2.75, 3.05) is 12.8 Å². The normalized spacial score (nSPS) is 11.5. The van der Waals surface area contributed by atoms with Crippen molar-refractivity contribution < 1.29 is 24.2 Å². The molecule has 7 heteroatoms. The minimum absolute atomic E-state index is 0.176. The highest BCUT2D eigenvalue weighted by atomic mass is 16.5. The Hall–Kier alpha value is -2.57. The lowest BCUT2D eigenvalue weighted by Gasteiger charge is -2.14. The van der Waals surface area contributed by atoms with Crippen LogP contribution in [0.15, 0.2) is 18.2 Å². The number of carbonyl (C=O) groups is 3. The van der Waals surface area contributed by atoms with Gasteiger partial charge in [-0.05, 0) is 24.6 Å². The molecule has 0 fully saturated rings. The number of hydrogen-bond donors (Lipinski definition) is 3. The first-order valence-corrected chi connectivity index (χ1v) is 6.87. The fourth-order valence-corrected chi connectivity index (χ4v) is 1.89. The summed E-state index contributed by atoms with van der Waals surface area (Å²) in [6.07, 6.45) is 0.427. The van der Waals surface area contributed by atoms with Gasteiger partial charge in [0.15, 0.2) is 5.78 Å². The van der Waals surface area contributed by atoms with E-state index in [0.717, 1.165) is 0 Å². The lowest BCUT2D eigenvalue weighted by atomic mass is 10.0. The molecule has 0 aliphatic heterocycles. The molecular weight excluding hydrogens is 288 g/mol. The molecule has 0 aromatic heterocycles. The summed E-state index contributed by atoms with van der Waals surface area (Å²) >= 11 is 0. The monoisotopic (exact) mass is 308 g/mol. The van der Waals surface area contributed by atoms with E-state index in [1.807, 2.05) is 0 Å². The number of amides is 1. The Labute approximate surface area is 128 Å². The Bertz CT molecular complexity index is 571. The Balaban J connectivity index is 2.87. The van der Waals surface area contributed by atoms with Gasteiger partial charge in [-0.2, -0.15) is 0 Å². The fourth-order valence-electron chi connectivity index (χ4n) is 1.89. The van der Waals surface area contributed by atoms with Gasteiger partial charge in [0.05, 0.1) is 7.11 Å². The number of rotatable bonds is 8. The van der Waals surface area contributed by atoms with Crippen molar-refractivity contribution >= 4 is 23.3 Å². The minimum Gasteiger partial charge on any atom is -0.497 e. The van der Waals surface area contributed by atoms with Crippen LogP contribution in [0.1, 0.15) is 36.5 Å². The number of ether oxygens (including phenoxy) is 1. The molecule has 0 radical (unpaired) electrons. The van der Waals surface area contributed by atoms with Crippen LogP contribution in [0.2, 0.25) is 0 Å². The molecule has 22 heavy (non-hydrogen) atoms. The first-order valence-electron chi connectivity index (χ1n) is 6.87. The van der Waals surface area contributed by atoms with Crippen molar-refractivity contribution in [3.63, 3.8) is 0 Å². The third-order valence-corrected chi connectivity index (χ3v) is 3.06. The van der Waals surface area contributed by atoms with E-state index >= 15 is 0 Å². The van der Waals surface area contributed by atoms with Crippen molar-refractivity contribution in [1.82, 2.24) is 5.32 Å². The SMILES string of the molecule is CCCC(=O)N[C@H](CC(=O)c1cc(OC)ccc1N)C(=O)O. The number of carboxylic acid groups (broad SMARTS) is 1. The number of methoxy groups -OCH3 is 1. The van der Waals surface area contributed by atoms with E-state index in [0.29, 0.717) is 12.2 Å². The molecule has 0 heterocycles. The van der Waals surface area contributed by atoms with E-state index in [1.54, 1.807) is 13.0 Å². The molecule has 1 atom stereocenters. The maximum absolute atomic E-state index is 12.2. The van der Waals surface area contributed by atoms with E-state index in [9.17, 15) is 14.4 Å². The molecule has 0 saturated carbocycles. The van der Waals surface area contributed by atoms with E-state index in [-0.39, 0.29) is 24.1 Å². The Kier molecular flexibility index (Phi) is 6.37. The zero-order chi connectivity index (χ0) is 16.7. The van der Waals surface area contributed by atoms with Crippen LogP contribution in [-0.4, -0.2) is 35.9 Å². The average Bonchev–Trinajstić information content (AvgIpc) is 2.47. The van der Waals surface area contributed by atoms with Gasteiger partial charge in [0, 0.05) is 24.1 Å². The molecule has 4 N–H and O–H groups in total. The molecule has 0 aliphatic rings. The summed E-state index contributed by atoms with van der Waals surface area (Å²) in [4.78, 5) is 34.9. The smallest absolute Gasteiger partial charge is 0.326 e. The van der Waals surface area contributed by atoms with E-state index < -0.39 is 23.7 Å². The van der Waals surface area contributed by atoms with Gasteiger partial charge >= 0.3 is 5.97 Å². The Morgan fingerprint density at radius 2 is 2.05 bits per heavy atom. The highest BCUT2D eigenvalue weighted by Crippen LogP contribution is 2.21. The number of nitrogens with one attached hydrogen (secondary N) is 1. The van der Waals surface area contributed by atoms with Crippen LogP contribution in [-0.2, 0) is 9.59 Å². The molecular formula is C15H20N2O5. The van der Waals surface area contributed by atoms with Crippen molar-refractivity contribution in [3.8, 4) is 5.75 Å². The van der Waals surface area contributed by atoms with Crippen LogP contribution >= 0.6 is 0 Å². The number of ketones is 1. The van der Waals surface area contributed by atoms with Crippen molar-refractivity contribution in [3.05, 3.63) is 23.8 Å². The molecule has 1 amide bonds. The number of nitrogens with two attached hydrogens (primary N) is 1. The van der Waals surface area contributed by atoms with Crippen molar-refractivity contribution in [2.24, 2.45) is 0 Å². The number of nitrogen functional groups attached to an aromatic ring is 1. The van der Waals surface area contributed by atoms with Crippen molar-refractivity contribution in [2.45, 2.75) is 32.2 Å². The van der Waals surface area contributed by atoms with Gasteiger partial charge in [-0.1, -0.05) is 6.92 Å². The predicted octanol–water partition coefficient (Wildman–Crippen LogP) is 1.22. The maximum atomic E-state index is 12.2. The molecule has 0 unspecified atom stereocenters. The van der Waals surface area contributed by atoms with Gasteiger partial charge < -0.3 is 20.9 Å². The molecule has 1 aromatic carbocycles. The van der Waals surface area contributed by atoms with E-state index in [4.69, 9.17) is 15.6 Å². The second-order valence-electron chi connectivity index (χ2n) is 4.79. The van der Waals surface area contributed by atoms with Crippen molar-refractivity contribution in [1.29, 1.82) is 0 Å². The highest BCUT2D eigenvalue weighted by molar-refractivity contribution is 6.03. The van der Waals surface area contributed by atoms with Gasteiger partial charge in [-0.15, -0.1) is 0 Å². The molecule has 0 spiro atoms. The molecule has 120 valence electrons. The standard InChI is InChI=1S/C15H20N2O5/c1-3-4-14(19)17-12(15(20)21)8-13(18)10-7-9(22-2)5-6-11(10)16/h5-7,12H,3-4,8,16H2,1-2H3,(H,17,19)(H,20,21)/t12-/m1/s1. The van der Waals surface area contributed by atoms with Crippen LogP contribution in [0.25, 0.3) is 0 Å². The number of hydrogen-bond acceptors (Lipinski definition) is 5. The summed E-state index contributed by atoms with van der Waals surface area (Å²) in [6, 6.07) is 3.28. The number of Topliss-reactive ketones (excluding diaryl/α,β-unsaturated/α-hetero) is 1. The summed E-state index contributed by atoms with van der Waals surface area (Å²) in [5.41, 5.74) is 6.14. The minimum atomic E-state index is -1.28. The quantitative estimate of drug-likeness (QED) is 0.491. The van der Waals surface area contributed by atoms with Gasteiger partial charge in [0.2, 0.25) is 5.91 Å². The second kappa shape index (κ2) is 8.02. The maximum Gasteiger partial charge on any atom is 0.326 e. The summed E-state index contributed by atoms with van der Waals surface area (Å²) in [7, 11) is 1.45. The fraction of sp³-hybridized carbons (Fsp3) is 0.400. The number of carboxylic acids is 1. The van der Waals surface area contributed by atoms with E-state index in [1.165, 1.54) is 19.2 Å². The lowest BCUT2D eigenvalue weighted by molar-refractivity contribution is -0.141.